The summed E-state index contributed by atoms with van der Waals surface area (Å²) in [5.74, 6) is 1.16. The molecule has 2 atom stereocenters. The molecule has 0 aromatic heterocycles. The zero-order valence-electron chi connectivity index (χ0n) is 15.6. The second kappa shape index (κ2) is 7.40. The van der Waals surface area contributed by atoms with Gasteiger partial charge >= 0.3 is 0 Å². The van der Waals surface area contributed by atoms with Crippen molar-refractivity contribution >= 4 is 21.7 Å². The van der Waals surface area contributed by atoms with Gasteiger partial charge < -0.3 is 4.74 Å². The van der Waals surface area contributed by atoms with Crippen LogP contribution in [0.3, 0.4) is 0 Å². The minimum atomic E-state index is -0.473. The van der Waals surface area contributed by atoms with Gasteiger partial charge in [0, 0.05) is 16.3 Å². The number of rotatable bonds is 5. The Kier molecular flexibility index (Phi) is 5.38. The van der Waals surface area contributed by atoms with Crippen LogP contribution < -0.4 is 4.74 Å². The molecular formula is C23H25BrO2. The number of ketones is 1. The number of Topliss-reactive ketones (excluding diaryl/α,β-unsaturated/α-hetero) is 1. The van der Waals surface area contributed by atoms with E-state index >= 15 is 0 Å². The summed E-state index contributed by atoms with van der Waals surface area (Å²) in [5, 5.41) is 0. The molecule has 3 heteroatoms. The third-order valence-electron chi connectivity index (χ3n) is 5.62. The van der Waals surface area contributed by atoms with Crippen LogP contribution >= 0.6 is 15.9 Å². The molecule has 0 radical (unpaired) electrons. The first-order chi connectivity index (χ1) is 12.4. The summed E-state index contributed by atoms with van der Waals surface area (Å²) < 4.78 is 6.32. The average Bonchev–Trinajstić information content (AvgIpc) is 2.67. The average molecular weight is 413 g/mol. The van der Waals surface area contributed by atoms with Crippen LogP contribution in [0.15, 0.2) is 65.2 Å². The van der Waals surface area contributed by atoms with Gasteiger partial charge in [0.2, 0.25) is 0 Å². The molecular weight excluding hydrogens is 388 g/mol. The Bertz CT molecular complexity index is 807. The molecule has 2 aromatic carbocycles. The minimum Gasteiger partial charge on any atom is -0.497 e. The maximum absolute atomic E-state index is 13.1. The summed E-state index contributed by atoms with van der Waals surface area (Å²) in [4.78, 5) is 13.1. The highest BCUT2D eigenvalue weighted by molar-refractivity contribution is 9.10. The Hall–Kier alpha value is -1.87. The van der Waals surface area contributed by atoms with Crippen LogP contribution in [0.2, 0.25) is 0 Å². The van der Waals surface area contributed by atoms with Gasteiger partial charge in [0.25, 0.3) is 0 Å². The molecule has 0 saturated carbocycles. The molecule has 0 saturated heterocycles. The molecule has 0 bridgehead atoms. The zero-order valence-corrected chi connectivity index (χ0v) is 17.2. The number of benzene rings is 2. The second-order valence-electron chi connectivity index (χ2n) is 7.29. The van der Waals surface area contributed by atoms with E-state index in [2.05, 4.69) is 59.3 Å². The van der Waals surface area contributed by atoms with Crippen molar-refractivity contribution in [1.82, 2.24) is 0 Å². The van der Waals surface area contributed by atoms with E-state index < -0.39 is 5.41 Å². The Balaban J connectivity index is 2.05. The summed E-state index contributed by atoms with van der Waals surface area (Å²) in [7, 11) is 1.68. The maximum atomic E-state index is 13.1. The van der Waals surface area contributed by atoms with Gasteiger partial charge in [-0.2, -0.15) is 0 Å². The summed E-state index contributed by atoms with van der Waals surface area (Å²) in [6, 6.07) is 16.4. The van der Waals surface area contributed by atoms with Crippen molar-refractivity contribution in [3.8, 4) is 5.75 Å². The minimum absolute atomic E-state index is 0.192. The van der Waals surface area contributed by atoms with Crippen molar-refractivity contribution in [3.05, 3.63) is 76.3 Å². The smallest absolute Gasteiger partial charge is 0.143 e. The van der Waals surface area contributed by atoms with Gasteiger partial charge in [-0.05, 0) is 48.2 Å². The molecule has 1 aliphatic rings. The normalized spacial score (nSPS) is 25.1. The molecule has 2 aromatic rings. The third kappa shape index (κ3) is 3.37. The molecule has 26 heavy (non-hydrogen) atoms. The van der Waals surface area contributed by atoms with Crippen LogP contribution in [0.4, 0.5) is 0 Å². The Labute approximate surface area is 164 Å². The SMILES string of the molecule is CCC(=O)C1(c2ccc(Br)cc2)CC=CC(C)(c2ccc(OC)cc2)C1. The van der Waals surface area contributed by atoms with Crippen molar-refractivity contribution in [2.75, 3.05) is 7.11 Å². The summed E-state index contributed by atoms with van der Waals surface area (Å²) in [5.41, 5.74) is 1.65. The van der Waals surface area contributed by atoms with E-state index in [1.807, 2.05) is 31.2 Å². The monoisotopic (exact) mass is 412 g/mol. The molecule has 2 unspecified atom stereocenters. The second-order valence-corrected chi connectivity index (χ2v) is 8.21. The first-order valence-electron chi connectivity index (χ1n) is 9.05. The molecule has 0 N–H and O–H groups in total. The molecule has 3 rings (SSSR count). The van der Waals surface area contributed by atoms with Crippen LogP contribution in [-0.4, -0.2) is 12.9 Å². The highest BCUT2D eigenvalue weighted by Gasteiger charge is 2.45. The third-order valence-corrected chi connectivity index (χ3v) is 6.15. The Morgan fingerprint density at radius 2 is 1.69 bits per heavy atom. The molecule has 0 amide bonds. The van der Waals surface area contributed by atoms with Crippen molar-refractivity contribution in [2.24, 2.45) is 0 Å². The molecule has 0 heterocycles. The van der Waals surface area contributed by atoms with Gasteiger partial charge in [0.15, 0.2) is 0 Å². The number of halogens is 1. The van der Waals surface area contributed by atoms with Crippen LogP contribution in [0, 0.1) is 0 Å². The lowest BCUT2D eigenvalue weighted by Gasteiger charge is -2.43. The number of ether oxygens (including phenoxy) is 1. The molecule has 136 valence electrons. The zero-order chi connectivity index (χ0) is 18.8. The van der Waals surface area contributed by atoms with Crippen molar-refractivity contribution in [3.63, 3.8) is 0 Å². The Morgan fingerprint density at radius 3 is 2.27 bits per heavy atom. The number of allylic oxidation sites excluding steroid dienone is 2. The fourth-order valence-corrected chi connectivity index (χ4v) is 4.41. The van der Waals surface area contributed by atoms with Crippen LogP contribution in [0.5, 0.6) is 5.75 Å². The van der Waals surface area contributed by atoms with Gasteiger partial charge in [-0.1, -0.05) is 66.2 Å². The van der Waals surface area contributed by atoms with E-state index in [-0.39, 0.29) is 5.41 Å². The summed E-state index contributed by atoms with van der Waals surface area (Å²) in [6.07, 6.45) is 6.52. The predicted molar refractivity (Wildman–Crippen MR) is 110 cm³/mol. The molecule has 0 fully saturated rings. The van der Waals surface area contributed by atoms with Crippen LogP contribution in [0.25, 0.3) is 0 Å². The van der Waals surface area contributed by atoms with E-state index in [0.717, 1.165) is 28.6 Å². The largest absolute Gasteiger partial charge is 0.497 e. The fraction of sp³-hybridized carbons (Fsp3) is 0.348. The number of carbonyl (C=O) groups excluding carboxylic acids is 1. The van der Waals surface area contributed by atoms with Crippen molar-refractivity contribution in [2.45, 2.75) is 43.9 Å². The van der Waals surface area contributed by atoms with E-state index in [9.17, 15) is 4.79 Å². The Morgan fingerprint density at radius 1 is 1.08 bits per heavy atom. The van der Waals surface area contributed by atoms with Gasteiger partial charge in [0.05, 0.1) is 12.5 Å². The van der Waals surface area contributed by atoms with E-state index in [1.54, 1.807) is 7.11 Å². The van der Waals surface area contributed by atoms with Gasteiger partial charge in [0.1, 0.15) is 11.5 Å². The first kappa shape index (κ1) is 18.9. The lowest BCUT2D eigenvalue weighted by Crippen LogP contribution is -2.43. The molecule has 1 aliphatic carbocycles. The highest BCUT2D eigenvalue weighted by Crippen LogP contribution is 2.47. The van der Waals surface area contributed by atoms with Gasteiger partial charge in [-0.25, -0.2) is 0 Å². The van der Waals surface area contributed by atoms with Gasteiger partial charge in [-0.15, -0.1) is 0 Å². The summed E-state index contributed by atoms with van der Waals surface area (Å²) in [6.45, 7) is 4.19. The molecule has 0 aliphatic heterocycles. The lowest BCUT2D eigenvalue weighted by atomic mass is 9.59. The standard InChI is InChI=1S/C23H25BrO2/c1-4-21(25)23(18-6-10-19(24)11-7-18)15-5-14-22(2,16-23)17-8-12-20(26-3)13-9-17/h5-14H,4,15-16H2,1-3H3. The number of hydrogen-bond acceptors (Lipinski definition) is 2. The molecule has 2 nitrogen and oxygen atoms in total. The predicted octanol–water partition coefficient (Wildman–Crippen LogP) is 5.98. The molecule has 0 spiro atoms. The number of carbonyl (C=O) groups is 1. The topological polar surface area (TPSA) is 26.3 Å². The highest BCUT2D eigenvalue weighted by atomic mass is 79.9. The summed E-state index contributed by atoms with van der Waals surface area (Å²) >= 11 is 3.50. The fourth-order valence-electron chi connectivity index (χ4n) is 4.15. The van der Waals surface area contributed by atoms with Crippen molar-refractivity contribution in [1.29, 1.82) is 0 Å². The van der Waals surface area contributed by atoms with E-state index in [4.69, 9.17) is 4.74 Å². The maximum Gasteiger partial charge on any atom is 0.143 e. The van der Waals surface area contributed by atoms with E-state index in [0.29, 0.717) is 12.2 Å². The van der Waals surface area contributed by atoms with Crippen LogP contribution in [-0.2, 0) is 15.6 Å². The number of hydrogen-bond donors (Lipinski definition) is 0. The van der Waals surface area contributed by atoms with Crippen molar-refractivity contribution < 1.29 is 9.53 Å². The van der Waals surface area contributed by atoms with Crippen LogP contribution in [0.1, 0.15) is 44.2 Å². The number of methoxy groups -OCH3 is 1. The quantitative estimate of drug-likeness (QED) is 0.564. The van der Waals surface area contributed by atoms with Gasteiger partial charge in [-0.3, -0.25) is 4.79 Å². The lowest BCUT2D eigenvalue weighted by molar-refractivity contribution is -0.125. The first-order valence-corrected chi connectivity index (χ1v) is 9.84. The van der Waals surface area contributed by atoms with E-state index in [1.165, 1.54) is 5.56 Å².